The van der Waals surface area contributed by atoms with E-state index >= 15 is 0 Å². The molecule has 1 rings (SSSR count). The molecule has 0 aromatic rings. The molecule has 1 aliphatic rings. The fourth-order valence-electron chi connectivity index (χ4n) is 1.98. The average molecular weight is 201 g/mol. The molecule has 84 valence electrons. The maximum atomic E-state index is 9.75. The van der Waals surface area contributed by atoms with Crippen molar-refractivity contribution in [3.63, 3.8) is 0 Å². The topological polar surface area (TPSA) is 52.7 Å². The molecule has 1 atom stereocenters. The highest BCUT2D eigenvalue weighted by Gasteiger charge is 2.27. The molecule has 1 fully saturated rings. The van der Waals surface area contributed by atoms with Crippen LogP contribution in [0.2, 0.25) is 0 Å². The summed E-state index contributed by atoms with van der Waals surface area (Å²) in [4.78, 5) is 4.58. The molecule has 1 unspecified atom stereocenters. The van der Waals surface area contributed by atoms with Gasteiger partial charge in [-0.15, -0.1) is 0 Å². The van der Waals surface area contributed by atoms with Gasteiger partial charge in [-0.2, -0.15) is 0 Å². The first-order valence-corrected chi connectivity index (χ1v) is 5.27. The first kappa shape index (κ1) is 11.9. The summed E-state index contributed by atoms with van der Waals surface area (Å²) in [6.07, 6.45) is 0. The highest BCUT2D eigenvalue weighted by Crippen LogP contribution is 2.12. The molecular formula is C10H23N3O. The van der Waals surface area contributed by atoms with Crippen LogP contribution in [0.5, 0.6) is 0 Å². The molecule has 0 aliphatic carbocycles. The zero-order valence-electron chi connectivity index (χ0n) is 9.53. The third-order valence-electron chi connectivity index (χ3n) is 2.67. The summed E-state index contributed by atoms with van der Waals surface area (Å²) in [6, 6.07) is 0.389. The molecule has 0 aromatic carbocycles. The van der Waals surface area contributed by atoms with Crippen LogP contribution in [0.15, 0.2) is 0 Å². The molecule has 0 aromatic heterocycles. The highest BCUT2D eigenvalue weighted by molar-refractivity contribution is 4.85. The predicted octanol–water partition coefficient (Wildman–Crippen LogP) is -0.668. The number of likely N-dealkylation sites (N-methyl/N-ethyl adjacent to an activating group) is 1. The van der Waals surface area contributed by atoms with Gasteiger partial charge in [0, 0.05) is 38.8 Å². The third-order valence-corrected chi connectivity index (χ3v) is 2.67. The van der Waals surface area contributed by atoms with Crippen LogP contribution in [-0.2, 0) is 0 Å². The molecule has 0 spiro atoms. The summed E-state index contributed by atoms with van der Waals surface area (Å²) in [6.45, 7) is 8.14. The lowest BCUT2D eigenvalue weighted by Crippen LogP contribution is -2.57. The van der Waals surface area contributed by atoms with Crippen molar-refractivity contribution in [3.05, 3.63) is 0 Å². The van der Waals surface area contributed by atoms with E-state index < -0.39 is 5.60 Å². The van der Waals surface area contributed by atoms with Crippen molar-refractivity contribution in [3.8, 4) is 0 Å². The van der Waals surface area contributed by atoms with Gasteiger partial charge in [-0.05, 0) is 20.9 Å². The molecule has 3 N–H and O–H groups in total. The van der Waals surface area contributed by atoms with Crippen LogP contribution in [-0.4, -0.2) is 66.3 Å². The average Bonchev–Trinajstić information content (AvgIpc) is 2.06. The molecule has 0 bridgehead atoms. The first-order chi connectivity index (χ1) is 6.42. The Morgan fingerprint density at radius 2 is 2.07 bits per heavy atom. The van der Waals surface area contributed by atoms with Gasteiger partial charge >= 0.3 is 0 Å². The molecule has 4 heteroatoms. The zero-order chi connectivity index (χ0) is 10.8. The van der Waals surface area contributed by atoms with E-state index in [1.54, 1.807) is 0 Å². The Hall–Kier alpha value is -0.160. The number of piperazine rings is 1. The molecular weight excluding hydrogens is 178 g/mol. The molecule has 4 nitrogen and oxygen atoms in total. The van der Waals surface area contributed by atoms with Crippen LogP contribution < -0.4 is 5.73 Å². The van der Waals surface area contributed by atoms with Crippen molar-refractivity contribution in [1.82, 2.24) is 9.80 Å². The van der Waals surface area contributed by atoms with Crippen LogP contribution in [0.25, 0.3) is 0 Å². The number of aliphatic hydroxyl groups is 1. The molecule has 1 heterocycles. The lowest BCUT2D eigenvalue weighted by Gasteiger charge is -2.41. The minimum Gasteiger partial charge on any atom is -0.389 e. The van der Waals surface area contributed by atoms with E-state index in [2.05, 4.69) is 16.8 Å². The first-order valence-electron chi connectivity index (χ1n) is 5.27. The highest BCUT2D eigenvalue weighted by atomic mass is 16.3. The minimum absolute atomic E-state index is 0.389. The Morgan fingerprint density at radius 3 is 2.57 bits per heavy atom. The fourth-order valence-corrected chi connectivity index (χ4v) is 1.98. The summed E-state index contributed by atoms with van der Waals surface area (Å²) in [5.74, 6) is 0. The molecule has 0 radical (unpaired) electrons. The maximum Gasteiger partial charge on any atom is 0.0718 e. The Bertz CT molecular complexity index is 179. The SMILES string of the molecule is CN1CCN(CC(C)(C)O)C(CN)C1. The molecule has 14 heavy (non-hydrogen) atoms. The van der Waals surface area contributed by atoms with E-state index in [1.165, 1.54) is 0 Å². The maximum absolute atomic E-state index is 9.75. The normalized spacial score (nSPS) is 26.8. The number of β-amino-alcohol motifs (C(OH)–C–C–N with tert-alkyl or cyclic N) is 1. The molecule has 0 amide bonds. The van der Waals surface area contributed by atoms with Gasteiger partial charge in [0.2, 0.25) is 0 Å². The second-order valence-electron chi connectivity index (χ2n) is 4.93. The molecule has 1 aliphatic heterocycles. The van der Waals surface area contributed by atoms with E-state index in [-0.39, 0.29) is 0 Å². The third kappa shape index (κ3) is 3.53. The smallest absolute Gasteiger partial charge is 0.0718 e. The van der Waals surface area contributed by atoms with Crippen LogP contribution in [0.4, 0.5) is 0 Å². The van der Waals surface area contributed by atoms with E-state index in [0.717, 1.165) is 19.6 Å². The van der Waals surface area contributed by atoms with E-state index in [9.17, 15) is 5.11 Å². The van der Waals surface area contributed by atoms with E-state index in [0.29, 0.717) is 19.1 Å². The van der Waals surface area contributed by atoms with Gasteiger partial charge in [0.05, 0.1) is 5.60 Å². The van der Waals surface area contributed by atoms with Gasteiger partial charge in [0.25, 0.3) is 0 Å². The Morgan fingerprint density at radius 1 is 1.43 bits per heavy atom. The number of hydrogen-bond acceptors (Lipinski definition) is 4. The lowest BCUT2D eigenvalue weighted by molar-refractivity contribution is -0.00143. The summed E-state index contributed by atoms with van der Waals surface area (Å²) >= 11 is 0. The Labute approximate surface area is 86.7 Å². The standard InChI is InChI=1S/C10H23N3O/c1-10(2,14)8-13-5-4-12(3)7-9(13)6-11/h9,14H,4-8,11H2,1-3H3. The Balaban J connectivity index is 2.50. The van der Waals surface area contributed by atoms with Crippen LogP contribution >= 0.6 is 0 Å². The van der Waals surface area contributed by atoms with E-state index in [4.69, 9.17) is 5.73 Å². The molecule has 1 saturated heterocycles. The minimum atomic E-state index is -0.622. The van der Waals surface area contributed by atoms with Crippen molar-refractivity contribution < 1.29 is 5.11 Å². The van der Waals surface area contributed by atoms with Gasteiger partial charge < -0.3 is 15.7 Å². The second kappa shape index (κ2) is 4.57. The number of rotatable bonds is 3. The summed E-state index contributed by atoms with van der Waals surface area (Å²) in [5.41, 5.74) is 5.10. The van der Waals surface area contributed by atoms with Gasteiger partial charge in [-0.25, -0.2) is 0 Å². The second-order valence-corrected chi connectivity index (χ2v) is 4.93. The largest absolute Gasteiger partial charge is 0.389 e. The predicted molar refractivity (Wildman–Crippen MR) is 58.2 cm³/mol. The van der Waals surface area contributed by atoms with Crippen LogP contribution in [0.1, 0.15) is 13.8 Å². The van der Waals surface area contributed by atoms with Gasteiger partial charge in [0.1, 0.15) is 0 Å². The molecule has 0 saturated carbocycles. The quantitative estimate of drug-likeness (QED) is 0.636. The van der Waals surface area contributed by atoms with E-state index in [1.807, 2.05) is 13.8 Å². The number of nitrogens with zero attached hydrogens (tertiary/aromatic N) is 2. The number of nitrogens with two attached hydrogens (primary N) is 1. The lowest BCUT2D eigenvalue weighted by atomic mass is 10.1. The zero-order valence-corrected chi connectivity index (χ0v) is 9.53. The number of hydrogen-bond donors (Lipinski definition) is 2. The summed E-state index contributed by atoms with van der Waals surface area (Å²) in [5, 5.41) is 9.75. The summed E-state index contributed by atoms with van der Waals surface area (Å²) < 4.78 is 0. The monoisotopic (exact) mass is 201 g/mol. The van der Waals surface area contributed by atoms with Crippen molar-refractivity contribution in [2.75, 3.05) is 39.8 Å². The van der Waals surface area contributed by atoms with Crippen LogP contribution in [0.3, 0.4) is 0 Å². The van der Waals surface area contributed by atoms with Crippen molar-refractivity contribution in [1.29, 1.82) is 0 Å². The van der Waals surface area contributed by atoms with Gasteiger partial charge in [0.15, 0.2) is 0 Å². The van der Waals surface area contributed by atoms with Crippen LogP contribution in [0, 0.1) is 0 Å². The Kier molecular flexibility index (Phi) is 3.89. The van der Waals surface area contributed by atoms with Crippen molar-refractivity contribution in [2.24, 2.45) is 5.73 Å². The van der Waals surface area contributed by atoms with Crippen molar-refractivity contribution in [2.45, 2.75) is 25.5 Å². The summed E-state index contributed by atoms with van der Waals surface area (Å²) in [7, 11) is 2.12. The van der Waals surface area contributed by atoms with Gasteiger partial charge in [-0.3, -0.25) is 4.90 Å². The van der Waals surface area contributed by atoms with Crippen molar-refractivity contribution >= 4 is 0 Å². The van der Waals surface area contributed by atoms with Gasteiger partial charge in [-0.1, -0.05) is 0 Å². The fraction of sp³-hybridized carbons (Fsp3) is 1.00.